The highest BCUT2D eigenvalue weighted by Gasteiger charge is 2.53. The summed E-state index contributed by atoms with van der Waals surface area (Å²) in [5, 5.41) is 3.42. The van der Waals surface area contributed by atoms with Gasteiger partial charge in [0, 0.05) is 6.04 Å². The number of Topliss-reactive ketones (excluding diaryl/α,β-unsaturated/α-hetero) is 1. The van der Waals surface area contributed by atoms with Crippen molar-refractivity contribution < 1.29 is 4.79 Å². The molecule has 1 aliphatic rings. The van der Waals surface area contributed by atoms with Crippen LogP contribution in [0.2, 0.25) is 0 Å². The van der Waals surface area contributed by atoms with E-state index in [0.29, 0.717) is 12.0 Å². The maximum absolute atomic E-state index is 11.5. The number of hydrogen-bond donors (Lipinski definition) is 1. The van der Waals surface area contributed by atoms with Crippen molar-refractivity contribution >= 4 is 5.78 Å². The molecule has 0 bridgehead atoms. The number of carbonyl (C=O) groups excluding carboxylic acids is 1. The predicted octanol–water partition coefficient (Wildman–Crippen LogP) is 1.99. The number of hydrogen-bond acceptors (Lipinski definition) is 2. The lowest BCUT2D eigenvalue weighted by molar-refractivity contribution is -0.124. The lowest BCUT2D eigenvalue weighted by atomic mass is 9.71. The summed E-state index contributed by atoms with van der Waals surface area (Å²) in [7, 11) is 0. The zero-order chi connectivity index (χ0) is 10.4. The van der Waals surface area contributed by atoms with Crippen LogP contribution in [0.4, 0.5) is 0 Å². The molecule has 0 radical (unpaired) electrons. The summed E-state index contributed by atoms with van der Waals surface area (Å²) in [6.07, 6.45) is 0. The molecule has 3 atom stereocenters. The molecule has 0 aromatic rings. The molecule has 0 spiro atoms. The first-order valence-corrected chi connectivity index (χ1v) is 5.01. The Bertz CT molecular complexity index is 234. The van der Waals surface area contributed by atoms with Crippen LogP contribution in [0.15, 0.2) is 0 Å². The van der Waals surface area contributed by atoms with Crippen molar-refractivity contribution in [3.05, 3.63) is 0 Å². The fraction of sp³-hybridized carbons (Fsp3) is 0.909. The lowest BCUT2D eigenvalue weighted by Gasteiger charge is -2.32. The largest absolute Gasteiger partial charge is 0.302 e. The van der Waals surface area contributed by atoms with Gasteiger partial charge < -0.3 is 5.32 Å². The summed E-state index contributed by atoms with van der Waals surface area (Å²) in [5.74, 6) is 0.630. The standard InChI is InChI=1S/C11H21NO/c1-7-10(4,5)8(2)12-11(7,6)9(3)13/h7-8,12H,1-6H3. The van der Waals surface area contributed by atoms with Gasteiger partial charge in [-0.25, -0.2) is 0 Å². The minimum absolute atomic E-state index is 0.195. The van der Waals surface area contributed by atoms with Gasteiger partial charge in [0.2, 0.25) is 0 Å². The lowest BCUT2D eigenvalue weighted by Crippen LogP contribution is -2.48. The van der Waals surface area contributed by atoms with E-state index in [0.717, 1.165) is 0 Å². The van der Waals surface area contributed by atoms with Gasteiger partial charge in [-0.05, 0) is 32.1 Å². The van der Waals surface area contributed by atoms with Gasteiger partial charge in [-0.15, -0.1) is 0 Å². The zero-order valence-corrected chi connectivity index (χ0v) is 9.56. The summed E-state index contributed by atoms with van der Waals surface area (Å²) in [4.78, 5) is 11.5. The maximum Gasteiger partial charge on any atom is 0.149 e. The van der Waals surface area contributed by atoms with Gasteiger partial charge in [0.05, 0.1) is 5.54 Å². The molecule has 1 rings (SSSR count). The molecule has 1 heterocycles. The first-order chi connectivity index (χ1) is 5.73. The maximum atomic E-state index is 11.5. The minimum atomic E-state index is -0.330. The Kier molecular flexibility index (Phi) is 2.31. The average molecular weight is 183 g/mol. The molecule has 2 heteroatoms. The van der Waals surface area contributed by atoms with E-state index in [2.05, 4.69) is 33.0 Å². The van der Waals surface area contributed by atoms with E-state index in [1.807, 2.05) is 6.92 Å². The van der Waals surface area contributed by atoms with Crippen molar-refractivity contribution in [3.63, 3.8) is 0 Å². The summed E-state index contributed by atoms with van der Waals surface area (Å²) < 4.78 is 0. The van der Waals surface area contributed by atoms with Crippen LogP contribution in [-0.4, -0.2) is 17.4 Å². The number of carbonyl (C=O) groups is 1. The molecule has 0 aromatic carbocycles. The minimum Gasteiger partial charge on any atom is -0.302 e. The fourth-order valence-corrected chi connectivity index (χ4v) is 2.29. The van der Waals surface area contributed by atoms with Crippen LogP contribution in [0.25, 0.3) is 0 Å². The Hall–Kier alpha value is -0.370. The highest BCUT2D eigenvalue weighted by atomic mass is 16.1. The Morgan fingerprint density at radius 1 is 1.23 bits per heavy atom. The second-order valence-electron chi connectivity index (χ2n) is 5.17. The molecule has 76 valence electrons. The SMILES string of the molecule is CC(=O)C1(C)NC(C)C(C)(C)C1C. The highest BCUT2D eigenvalue weighted by Crippen LogP contribution is 2.44. The Balaban J connectivity index is 3.03. The van der Waals surface area contributed by atoms with Crippen LogP contribution in [-0.2, 0) is 4.79 Å². The number of ketones is 1. The quantitative estimate of drug-likeness (QED) is 0.673. The highest BCUT2D eigenvalue weighted by molar-refractivity contribution is 5.86. The van der Waals surface area contributed by atoms with Gasteiger partial charge in [0.1, 0.15) is 5.78 Å². The van der Waals surface area contributed by atoms with Crippen LogP contribution in [0.3, 0.4) is 0 Å². The van der Waals surface area contributed by atoms with Crippen molar-refractivity contribution in [3.8, 4) is 0 Å². The first kappa shape index (κ1) is 10.7. The van der Waals surface area contributed by atoms with Crippen LogP contribution < -0.4 is 5.32 Å². The Labute approximate surface area is 81.1 Å². The predicted molar refractivity (Wildman–Crippen MR) is 54.6 cm³/mol. The van der Waals surface area contributed by atoms with E-state index in [4.69, 9.17) is 0 Å². The Morgan fingerprint density at radius 3 is 1.85 bits per heavy atom. The third-order valence-electron chi connectivity index (χ3n) is 4.35. The van der Waals surface area contributed by atoms with E-state index in [1.54, 1.807) is 6.92 Å². The topological polar surface area (TPSA) is 29.1 Å². The second-order valence-corrected chi connectivity index (χ2v) is 5.17. The molecule has 3 unspecified atom stereocenters. The van der Waals surface area contributed by atoms with Gasteiger partial charge in [-0.3, -0.25) is 4.79 Å². The van der Waals surface area contributed by atoms with Gasteiger partial charge in [0.25, 0.3) is 0 Å². The Morgan fingerprint density at radius 2 is 1.69 bits per heavy atom. The third kappa shape index (κ3) is 1.32. The van der Waals surface area contributed by atoms with E-state index >= 15 is 0 Å². The van der Waals surface area contributed by atoms with Crippen LogP contribution >= 0.6 is 0 Å². The average Bonchev–Trinajstić information content (AvgIpc) is 2.14. The van der Waals surface area contributed by atoms with Crippen LogP contribution in [0, 0.1) is 11.3 Å². The van der Waals surface area contributed by atoms with Crippen molar-refractivity contribution in [1.82, 2.24) is 5.32 Å². The van der Waals surface area contributed by atoms with Crippen LogP contribution in [0.5, 0.6) is 0 Å². The summed E-state index contributed by atoms with van der Waals surface area (Å²) in [6, 6.07) is 0.399. The van der Waals surface area contributed by atoms with Crippen molar-refractivity contribution in [2.75, 3.05) is 0 Å². The number of nitrogens with one attached hydrogen (secondary N) is 1. The summed E-state index contributed by atoms with van der Waals surface area (Å²) >= 11 is 0. The molecule has 13 heavy (non-hydrogen) atoms. The summed E-state index contributed by atoms with van der Waals surface area (Å²) in [5.41, 5.74) is -0.136. The molecule has 1 N–H and O–H groups in total. The normalized spacial score (nSPS) is 43.5. The van der Waals surface area contributed by atoms with Crippen molar-refractivity contribution in [1.29, 1.82) is 0 Å². The van der Waals surface area contributed by atoms with E-state index < -0.39 is 0 Å². The molecule has 1 saturated heterocycles. The van der Waals surface area contributed by atoms with Gasteiger partial charge in [-0.1, -0.05) is 20.8 Å². The molecule has 0 saturated carbocycles. The molecule has 0 aromatic heterocycles. The van der Waals surface area contributed by atoms with Crippen molar-refractivity contribution in [2.24, 2.45) is 11.3 Å². The molecule has 0 amide bonds. The first-order valence-electron chi connectivity index (χ1n) is 5.01. The molecule has 2 nitrogen and oxygen atoms in total. The van der Waals surface area contributed by atoms with E-state index in [1.165, 1.54) is 0 Å². The monoisotopic (exact) mass is 183 g/mol. The zero-order valence-electron chi connectivity index (χ0n) is 9.56. The molecule has 1 fully saturated rings. The second kappa shape index (κ2) is 2.81. The summed E-state index contributed by atoms with van der Waals surface area (Å²) in [6.45, 7) is 12.5. The fourth-order valence-electron chi connectivity index (χ4n) is 2.29. The van der Waals surface area contributed by atoms with Crippen molar-refractivity contribution in [2.45, 2.75) is 53.1 Å². The van der Waals surface area contributed by atoms with Gasteiger partial charge in [0.15, 0.2) is 0 Å². The molecular weight excluding hydrogens is 162 g/mol. The molecule has 0 aliphatic carbocycles. The molecular formula is C11H21NO. The van der Waals surface area contributed by atoms with E-state index in [-0.39, 0.29) is 16.7 Å². The van der Waals surface area contributed by atoms with Crippen LogP contribution in [0.1, 0.15) is 41.5 Å². The number of rotatable bonds is 1. The third-order valence-corrected chi connectivity index (χ3v) is 4.35. The van der Waals surface area contributed by atoms with Gasteiger partial charge >= 0.3 is 0 Å². The smallest absolute Gasteiger partial charge is 0.149 e. The van der Waals surface area contributed by atoms with Gasteiger partial charge in [-0.2, -0.15) is 0 Å². The van der Waals surface area contributed by atoms with E-state index in [9.17, 15) is 4.79 Å². The molecule has 1 aliphatic heterocycles.